The molecule has 32 heavy (non-hydrogen) atoms. The van der Waals surface area contributed by atoms with Crippen molar-refractivity contribution >= 4 is 27.7 Å². The second-order valence-corrected chi connectivity index (χ2v) is 9.01. The normalized spacial score (nSPS) is 13.4. The van der Waals surface area contributed by atoms with Gasteiger partial charge >= 0.3 is 0 Å². The number of ether oxygens (including phenoxy) is 1. The molecule has 2 N–H and O–H groups in total. The number of pyridine rings is 1. The Morgan fingerprint density at radius 2 is 1.97 bits per heavy atom. The molecule has 3 aromatic rings. The lowest BCUT2D eigenvalue weighted by Gasteiger charge is -2.08. The Bertz CT molecular complexity index is 1210. The van der Waals surface area contributed by atoms with E-state index >= 15 is 0 Å². The SMILES string of the molecule is CCOc1cncc(-c2ccc(NC(=O)Cc3ccnc(NS(=O)(=O)C4CC4)n3)nc2)n1. The van der Waals surface area contributed by atoms with Crippen LogP contribution in [0.1, 0.15) is 25.5 Å². The van der Waals surface area contributed by atoms with Gasteiger partial charge < -0.3 is 10.1 Å². The van der Waals surface area contributed by atoms with Crippen molar-refractivity contribution in [3.63, 3.8) is 0 Å². The molecule has 0 saturated heterocycles. The van der Waals surface area contributed by atoms with Gasteiger partial charge in [0.15, 0.2) is 0 Å². The van der Waals surface area contributed by atoms with Gasteiger partial charge in [-0.3, -0.25) is 14.5 Å². The highest BCUT2D eigenvalue weighted by molar-refractivity contribution is 7.93. The minimum Gasteiger partial charge on any atom is -0.477 e. The first-order valence-corrected chi connectivity index (χ1v) is 11.5. The summed E-state index contributed by atoms with van der Waals surface area (Å²) in [5.41, 5.74) is 1.70. The molecule has 0 unspecified atom stereocenters. The number of aromatic nitrogens is 5. The Balaban J connectivity index is 1.37. The van der Waals surface area contributed by atoms with Gasteiger partial charge in [-0.1, -0.05) is 0 Å². The fourth-order valence-electron chi connectivity index (χ4n) is 2.81. The van der Waals surface area contributed by atoms with E-state index in [1.54, 1.807) is 30.6 Å². The molecule has 3 aromatic heterocycles. The molecule has 166 valence electrons. The van der Waals surface area contributed by atoms with Crippen molar-refractivity contribution in [3.05, 3.63) is 48.7 Å². The molecule has 3 heterocycles. The highest BCUT2D eigenvalue weighted by Crippen LogP contribution is 2.29. The van der Waals surface area contributed by atoms with Crippen molar-refractivity contribution < 1.29 is 17.9 Å². The maximum atomic E-state index is 12.4. The quantitative estimate of drug-likeness (QED) is 0.492. The lowest BCUT2D eigenvalue weighted by molar-refractivity contribution is -0.115. The van der Waals surface area contributed by atoms with Crippen molar-refractivity contribution in [1.82, 2.24) is 24.9 Å². The zero-order chi connectivity index (χ0) is 22.6. The Hall–Kier alpha value is -3.67. The molecule has 0 bridgehead atoms. The first-order valence-electron chi connectivity index (χ1n) is 9.97. The van der Waals surface area contributed by atoms with Crippen molar-refractivity contribution in [3.8, 4) is 17.1 Å². The Morgan fingerprint density at radius 1 is 1.12 bits per heavy atom. The molecule has 1 aliphatic carbocycles. The fraction of sp³-hybridized carbons (Fsp3) is 0.300. The molecular formula is C20H21N7O4S. The summed E-state index contributed by atoms with van der Waals surface area (Å²) in [4.78, 5) is 33.1. The molecule has 0 radical (unpaired) electrons. The van der Waals surface area contributed by atoms with Gasteiger partial charge in [-0.2, -0.15) is 0 Å². The molecule has 0 aromatic carbocycles. The Morgan fingerprint density at radius 3 is 2.69 bits per heavy atom. The maximum Gasteiger partial charge on any atom is 0.237 e. The molecule has 1 saturated carbocycles. The fourth-order valence-corrected chi connectivity index (χ4v) is 4.08. The van der Waals surface area contributed by atoms with Crippen LogP contribution in [0.2, 0.25) is 0 Å². The molecule has 1 aliphatic rings. The number of hydrogen-bond acceptors (Lipinski definition) is 9. The maximum absolute atomic E-state index is 12.4. The van der Waals surface area contributed by atoms with E-state index in [1.807, 2.05) is 6.92 Å². The number of sulfonamides is 1. The summed E-state index contributed by atoms with van der Waals surface area (Å²) in [6.07, 6.45) is 7.31. The lowest BCUT2D eigenvalue weighted by Crippen LogP contribution is -2.20. The van der Waals surface area contributed by atoms with E-state index in [0.29, 0.717) is 42.5 Å². The van der Waals surface area contributed by atoms with Crippen LogP contribution < -0.4 is 14.8 Å². The van der Waals surface area contributed by atoms with E-state index in [0.717, 1.165) is 5.56 Å². The van der Waals surface area contributed by atoms with Crippen LogP contribution in [0.4, 0.5) is 11.8 Å². The number of carbonyl (C=O) groups excluding carboxylic acids is 1. The van der Waals surface area contributed by atoms with E-state index in [9.17, 15) is 13.2 Å². The molecule has 0 atom stereocenters. The van der Waals surface area contributed by atoms with Crippen molar-refractivity contribution in [2.24, 2.45) is 0 Å². The van der Waals surface area contributed by atoms with E-state index in [-0.39, 0.29) is 23.5 Å². The molecule has 12 heteroatoms. The third kappa shape index (κ3) is 5.52. The van der Waals surface area contributed by atoms with Gasteiger partial charge in [0.25, 0.3) is 0 Å². The second-order valence-electron chi connectivity index (χ2n) is 7.05. The van der Waals surface area contributed by atoms with Gasteiger partial charge in [0.2, 0.25) is 27.8 Å². The highest BCUT2D eigenvalue weighted by Gasteiger charge is 2.36. The monoisotopic (exact) mass is 455 g/mol. The number of anilines is 2. The van der Waals surface area contributed by atoms with E-state index in [4.69, 9.17) is 4.74 Å². The molecule has 4 rings (SSSR count). The number of rotatable bonds is 9. The van der Waals surface area contributed by atoms with Gasteiger partial charge in [-0.05, 0) is 38.0 Å². The average molecular weight is 456 g/mol. The van der Waals surface area contributed by atoms with Crippen LogP contribution in [0.5, 0.6) is 5.88 Å². The van der Waals surface area contributed by atoms with Crippen LogP contribution in [0.3, 0.4) is 0 Å². The number of nitrogens with one attached hydrogen (secondary N) is 2. The first kappa shape index (κ1) is 21.6. The van der Waals surface area contributed by atoms with Crippen molar-refractivity contribution in [2.45, 2.75) is 31.4 Å². The summed E-state index contributed by atoms with van der Waals surface area (Å²) < 4.78 is 31.8. The summed E-state index contributed by atoms with van der Waals surface area (Å²) >= 11 is 0. The van der Waals surface area contributed by atoms with Crippen molar-refractivity contribution in [1.29, 1.82) is 0 Å². The van der Waals surface area contributed by atoms with Crippen LogP contribution in [-0.4, -0.2) is 51.1 Å². The molecule has 11 nitrogen and oxygen atoms in total. The average Bonchev–Trinajstić information content (AvgIpc) is 3.61. The van der Waals surface area contributed by atoms with Crippen LogP contribution in [0, 0.1) is 0 Å². The van der Waals surface area contributed by atoms with Crippen LogP contribution in [-0.2, 0) is 21.2 Å². The number of amides is 1. The van der Waals surface area contributed by atoms with Gasteiger partial charge in [-0.15, -0.1) is 0 Å². The molecular weight excluding hydrogens is 434 g/mol. The predicted molar refractivity (Wildman–Crippen MR) is 116 cm³/mol. The van der Waals surface area contributed by atoms with Gasteiger partial charge in [0, 0.05) is 18.0 Å². The van der Waals surface area contributed by atoms with Crippen LogP contribution in [0.25, 0.3) is 11.3 Å². The topological polar surface area (TPSA) is 149 Å². The first-order chi connectivity index (χ1) is 15.4. The minimum absolute atomic E-state index is 0.0416. The third-order valence-corrected chi connectivity index (χ3v) is 6.30. The molecule has 1 fully saturated rings. The summed E-state index contributed by atoms with van der Waals surface area (Å²) in [6, 6.07) is 4.96. The molecule has 1 amide bonds. The summed E-state index contributed by atoms with van der Waals surface area (Å²) in [6.45, 7) is 2.35. The third-order valence-electron chi connectivity index (χ3n) is 4.48. The summed E-state index contributed by atoms with van der Waals surface area (Å²) in [7, 11) is -3.47. The van der Waals surface area contributed by atoms with Gasteiger partial charge in [0.1, 0.15) is 5.82 Å². The largest absolute Gasteiger partial charge is 0.477 e. The zero-order valence-corrected chi connectivity index (χ0v) is 18.0. The lowest BCUT2D eigenvalue weighted by atomic mass is 10.2. The number of hydrogen-bond donors (Lipinski definition) is 2. The van der Waals surface area contributed by atoms with Crippen molar-refractivity contribution in [2.75, 3.05) is 16.6 Å². The number of carbonyl (C=O) groups is 1. The van der Waals surface area contributed by atoms with Gasteiger partial charge in [0.05, 0.1) is 42.1 Å². The summed E-state index contributed by atoms with van der Waals surface area (Å²) in [5.74, 6) is 0.389. The summed E-state index contributed by atoms with van der Waals surface area (Å²) in [5, 5.41) is 2.30. The second kappa shape index (κ2) is 9.22. The zero-order valence-electron chi connectivity index (χ0n) is 17.2. The van der Waals surface area contributed by atoms with E-state index in [2.05, 4.69) is 35.0 Å². The van der Waals surface area contributed by atoms with E-state index < -0.39 is 10.0 Å². The predicted octanol–water partition coefficient (Wildman–Crippen LogP) is 1.81. The standard InChI is InChI=1S/C20H21N7O4S/c1-2-31-19-12-21-11-16(25-19)13-3-6-17(23-10-13)26-18(28)9-14-7-8-22-20(24-14)27-32(29,30)15-4-5-15/h3,6-8,10-12,15H,2,4-5,9H2,1H3,(H,22,24,27)(H,23,26,28). The van der Waals surface area contributed by atoms with Gasteiger partial charge in [-0.25, -0.2) is 28.4 Å². The Kier molecular flexibility index (Phi) is 6.21. The van der Waals surface area contributed by atoms with Crippen LogP contribution in [0.15, 0.2) is 43.0 Å². The minimum atomic E-state index is -3.47. The number of nitrogens with zero attached hydrogens (tertiary/aromatic N) is 5. The van der Waals surface area contributed by atoms with Crippen LogP contribution >= 0.6 is 0 Å². The highest BCUT2D eigenvalue weighted by atomic mass is 32.2. The Labute approximate surface area is 184 Å². The molecule has 0 aliphatic heterocycles. The van der Waals surface area contributed by atoms with E-state index in [1.165, 1.54) is 12.4 Å². The smallest absolute Gasteiger partial charge is 0.237 e. The molecule has 0 spiro atoms.